The molecule has 3 nitrogen and oxygen atoms in total. The maximum atomic E-state index is 8.32. The molecule has 0 aliphatic rings. The van der Waals surface area contributed by atoms with Crippen LogP contribution in [-0.2, 0) is 4.21 Å². The first-order valence-corrected chi connectivity index (χ1v) is 6.86. The third-order valence-electron chi connectivity index (χ3n) is 0.356. The minimum atomic E-state index is -2.13. The molecule has 0 saturated carbocycles. The fraction of sp³-hybridized carbons (Fsp3) is 1.00. The summed E-state index contributed by atoms with van der Waals surface area (Å²) in [6.45, 7) is 5.69. The second-order valence-electron chi connectivity index (χ2n) is 2.46. The van der Waals surface area contributed by atoms with Crippen LogP contribution >= 0.6 is 8.60 Å². The van der Waals surface area contributed by atoms with E-state index in [1.807, 2.05) is 19.6 Å². The van der Waals surface area contributed by atoms with Crippen molar-refractivity contribution in [3.63, 3.8) is 0 Å². The molecule has 0 bridgehead atoms. The zero-order valence-corrected chi connectivity index (χ0v) is 7.14. The molecule has 9 heavy (non-hydrogen) atoms. The summed E-state index contributed by atoms with van der Waals surface area (Å²) < 4.78 is 4.75. The van der Waals surface area contributed by atoms with Crippen LogP contribution in [0.5, 0.6) is 0 Å². The van der Waals surface area contributed by atoms with Gasteiger partial charge in [0, 0.05) is 0 Å². The molecule has 0 saturated heterocycles. The molecule has 0 aliphatic carbocycles. The summed E-state index contributed by atoms with van der Waals surface area (Å²) in [6, 6.07) is 0. The molecular formula is C3H12NaO3PSi. The molecule has 0 spiro atoms. The van der Waals surface area contributed by atoms with Gasteiger partial charge in [0.25, 0.3) is 0 Å². The minimum absolute atomic E-state index is 0. The Morgan fingerprint density at radius 3 is 1.56 bits per heavy atom. The van der Waals surface area contributed by atoms with Crippen molar-refractivity contribution >= 4 is 46.5 Å². The summed E-state index contributed by atoms with van der Waals surface area (Å²) in [5.74, 6) is 0. The van der Waals surface area contributed by atoms with Crippen LogP contribution < -0.4 is 0 Å². The van der Waals surface area contributed by atoms with Gasteiger partial charge in [0.1, 0.15) is 0 Å². The summed E-state index contributed by atoms with van der Waals surface area (Å²) in [5.41, 5.74) is 0. The standard InChI is InChI=1S/C3H11O3PSi.Na.H/c1-8(2,3)6-7(4)5;;/h4-5H,1-3H3;;. The molecule has 0 aromatic rings. The van der Waals surface area contributed by atoms with Gasteiger partial charge in [-0.25, -0.2) is 0 Å². The number of hydrogen-bond donors (Lipinski definition) is 2. The summed E-state index contributed by atoms with van der Waals surface area (Å²) in [6.07, 6.45) is 0. The van der Waals surface area contributed by atoms with Crippen LogP contribution in [0.25, 0.3) is 0 Å². The number of rotatable bonds is 2. The van der Waals surface area contributed by atoms with Gasteiger partial charge in [-0.1, -0.05) is 0 Å². The molecule has 0 aliphatic heterocycles. The first-order chi connectivity index (χ1) is 3.42. The van der Waals surface area contributed by atoms with E-state index in [1.165, 1.54) is 0 Å². The Balaban J connectivity index is 0. The summed E-state index contributed by atoms with van der Waals surface area (Å²) in [4.78, 5) is 16.6. The average molecular weight is 178 g/mol. The van der Waals surface area contributed by atoms with Gasteiger partial charge in [0.2, 0.25) is 0 Å². The van der Waals surface area contributed by atoms with E-state index < -0.39 is 16.9 Å². The van der Waals surface area contributed by atoms with Crippen LogP contribution in [0.2, 0.25) is 19.6 Å². The monoisotopic (exact) mass is 178 g/mol. The molecule has 0 heterocycles. The van der Waals surface area contributed by atoms with Crippen LogP contribution in [0.3, 0.4) is 0 Å². The Bertz CT molecular complexity index is 73.9. The first kappa shape index (κ1) is 13.1. The van der Waals surface area contributed by atoms with Crippen molar-refractivity contribution in [2.75, 3.05) is 0 Å². The van der Waals surface area contributed by atoms with Crippen molar-refractivity contribution in [1.29, 1.82) is 0 Å². The normalized spacial score (nSPS) is 11.3. The molecule has 0 rings (SSSR count). The van der Waals surface area contributed by atoms with Gasteiger partial charge in [-0.15, -0.1) is 0 Å². The van der Waals surface area contributed by atoms with Crippen molar-refractivity contribution < 1.29 is 14.0 Å². The van der Waals surface area contributed by atoms with Crippen LogP contribution in [0.1, 0.15) is 0 Å². The Hall–Kier alpha value is 1.53. The Labute approximate surface area is 79.8 Å². The van der Waals surface area contributed by atoms with Gasteiger partial charge in [-0.3, -0.25) is 0 Å². The van der Waals surface area contributed by atoms with Crippen LogP contribution in [0.15, 0.2) is 0 Å². The average Bonchev–Trinajstić information content (AvgIpc) is 1.21. The molecule has 52 valence electrons. The topological polar surface area (TPSA) is 49.7 Å². The third-order valence-corrected chi connectivity index (χ3v) is 3.20. The molecule has 2 N–H and O–H groups in total. The van der Waals surface area contributed by atoms with Crippen molar-refractivity contribution in [3.8, 4) is 0 Å². The van der Waals surface area contributed by atoms with Gasteiger partial charge >= 0.3 is 38.2 Å². The van der Waals surface area contributed by atoms with E-state index in [-0.39, 0.29) is 29.6 Å². The van der Waals surface area contributed by atoms with Crippen LogP contribution in [0, 0.1) is 0 Å². The van der Waals surface area contributed by atoms with Crippen molar-refractivity contribution in [2.24, 2.45) is 0 Å². The van der Waals surface area contributed by atoms with Gasteiger partial charge in [-0.2, -0.15) is 0 Å². The quantitative estimate of drug-likeness (QED) is 0.475. The van der Waals surface area contributed by atoms with E-state index in [9.17, 15) is 0 Å². The Kier molecular flexibility index (Phi) is 7.61. The third kappa shape index (κ3) is 12.7. The molecule has 0 unspecified atom stereocenters. The molecule has 0 aromatic heterocycles. The second-order valence-corrected chi connectivity index (χ2v) is 7.92. The van der Waals surface area contributed by atoms with Gasteiger partial charge in [0.05, 0.1) is 0 Å². The van der Waals surface area contributed by atoms with Gasteiger partial charge in [-0.05, 0) is 19.6 Å². The van der Waals surface area contributed by atoms with E-state index in [1.54, 1.807) is 0 Å². The fourth-order valence-corrected chi connectivity index (χ4v) is 2.20. The van der Waals surface area contributed by atoms with E-state index in [0.717, 1.165) is 0 Å². The molecule has 0 fully saturated rings. The van der Waals surface area contributed by atoms with E-state index >= 15 is 0 Å². The van der Waals surface area contributed by atoms with Gasteiger partial charge in [0.15, 0.2) is 8.32 Å². The van der Waals surface area contributed by atoms with Crippen molar-refractivity contribution in [3.05, 3.63) is 0 Å². The molecule has 0 aromatic carbocycles. The van der Waals surface area contributed by atoms with E-state index in [2.05, 4.69) is 0 Å². The summed E-state index contributed by atoms with van der Waals surface area (Å²) >= 11 is 0. The Morgan fingerprint density at radius 1 is 1.22 bits per heavy atom. The predicted octanol–water partition coefficient (Wildman–Crippen LogP) is 0.401. The first-order valence-electron chi connectivity index (χ1n) is 2.29. The van der Waals surface area contributed by atoms with Gasteiger partial charge < -0.3 is 14.0 Å². The Morgan fingerprint density at radius 2 is 1.56 bits per heavy atom. The molecule has 0 radical (unpaired) electrons. The zero-order chi connectivity index (χ0) is 6.78. The van der Waals surface area contributed by atoms with E-state index in [4.69, 9.17) is 14.0 Å². The molecular weight excluding hydrogens is 166 g/mol. The predicted molar refractivity (Wildman–Crippen MR) is 42.9 cm³/mol. The van der Waals surface area contributed by atoms with E-state index in [0.29, 0.717) is 0 Å². The SMILES string of the molecule is C[Si](C)(C)OP(O)O.[NaH]. The van der Waals surface area contributed by atoms with Crippen molar-refractivity contribution in [2.45, 2.75) is 19.6 Å². The maximum absolute atomic E-state index is 8.32. The van der Waals surface area contributed by atoms with Crippen LogP contribution in [-0.4, -0.2) is 47.7 Å². The zero-order valence-electron chi connectivity index (χ0n) is 5.25. The fourth-order valence-electron chi connectivity index (χ4n) is 0.245. The summed E-state index contributed by atoms with van der Waals surface area (Å²) in [7, 11) is -3.82. The molecule has 0 amide bonds. The molecule has 6 heteroatoms. The van der Waals surface area contributed by atoms with Crippen molar-refractivity contribution in [1.82, 2.24) is 0 Å². The summed E-state index contributed by atoms with van der Waals surface area (Å²) in [5, 5.41) is 0. The number of hydrogen-bond acceptors (Lipinski definition) is 3. The molecule has 0 atom stereocenters. The van der Waals surface area contributed by atoms with Crippen LogP contribution in [0.4, 0.5) is 0 Å². The second kappa shape index (κ2) is 5.21.